The van der Waals surface area contributed by atoms with Crippen LogP contribution in [0.5, 0.6) is 5.75 Å². The zero-order valence-electron chi connectivity index (χ0n) is 15.1. The van der Waals surface area contributed by atoms with Gasteiger partial charge in [-0.15, -0.1) is 0 Å². The summed E-state index contributed by atoms with van der Waals surface area (Å²) in [5.41, 5.74) is 1.65. The number of carboxylic acid groups (broad SMARTS) is 1. The summed E-state index contributed by atoms with van der Waals surface area (Å²) < 4.78 is 33.0. The summed E-state index contributed by atoms with van der Waals surface area (Å²) in [5.74, 6) is -0.594. The zero-order chi connectivity index (χ0) is 20.5. The van der Waals surface area contributed by atoms with Gasteiger partial charge < -0.3 is 9.84 Å². The third kappa shape index (κ3) is 4.27. The third-order valence-electron chi connectivity index (χ3n) is 4.74. The number of carbonyl (C=O) groups is 1. The Hall–Kier alpha value is -1.80. The number of carboxylic acids is 1. The predicted molar refractivity (Wildman–Crippen MR) is 107 cm³/mol. The number of halogens is 2. The second-order valence-electron chi connectivity index (χ2n) is 6.54. The number of nitrogens with zero attached hydrogens (tertiary/aromatic N) is 1. The van der Waals surface area contributed by atoms with Crippen LogP contribution in [0.4, 0.5) is 0 Å². The fourth-order valence-corrected chi connectivity index (χ4v) is 5.55. The largest absolute Gasteiger partial charge is 0.482 e. The van der Waals surface area contributed by atoms with E-state index in [0.29, 0.717) is 18.6 Å². The molecule has 0 radical (unpaired) electrons. The molecule has 0 fully saturated rings. The minimum atomic E-state index is -3.84. The molecule has 0 aliphatic heterocycles. The fourth-order valence-electron chi connectivity index (χ4n) is 3.45. The highest BCUT2D eigenvalue weighted by Gasteiger charge is 2.33. The predicted octanol–water partition coefficient (Wildman–Crippen LogP) is 4.15. The Balaban J connectivity index is 1.97. The molecule has 1 aliphatic rings. The molecular formula is C19H19Cl2NO5S. The zero-order valence-corrected chi connectivity index (χ0v) is 17.4. The number of benzene rings is 2. The molecule has 0 saturated carbocycles. The van der Waals surface area contributed by atoms with E-state index in [1.807, 2.05) is 6.07 Å². The summed E-state index contributed by atoms with van der Waals surface area (Å²) in [6.45, 7) is -0.448. The van der Waals surface area contributed by atoms with Crippen LogP contribution in [-0.2, 0) is 21.2 Å². The van der Waals surface area contributed by atoms with Crippen LogP contribution < -0.4 is 4.74 Å². The van der Waals surface area contributed by atoms with Gasteiger partial charge in [-0.3, -0.25) is 0 Å². The molecule has 1 N–H and O–H groups in total. The maximum absolute atomic E-state index is 13.1. The molecule has 2 aromatic carbocycles. The Morgan fingerprint density at radius 3 is 2.57 bits per heavy atom. The SMILES string of the molecule is CN([C@@H]1CCCc2c(OCC(=O)O)cccc21)S(=O)(=O)c1cc(Cl)cc(Cl)c1. The molecule has 0 bridgehead atoms. The number of hydrogen-bond donors (Lipinski definition) is 1. The Morgan fingerprint density at radius 2 is 1.93 bits per heavy atom. The number of rotatable bonds is 6. The first kappa shape index (κ1) is 20.9. The Bertz CT molecular complexity index is 989. The van der Waals surface area contributed by atoms with E-state index in [1.165, 1.54) is 29.6 Å². The number of ether oxygens (including phenoxy) is 1. The molecule has 9 heteroatoms. The molecule has 0 spiro atoms. The Kier molecular flexibility index (Phi) is 6.19. The first-order valence-corrected chi connectivity index (χ1v) is 10.8. The highest BCUT2D eigenvalue weighted by Crippen LogP contribution is 2.40. The summed E-state index contributed by atoms with van der Waals surface area (Å²) in [6, 6.07) is 9.11. The molecular weight excluding hydrogens is 425 g/mol. The standard InChI is InChI=1S/C19H19Cl2NO5S/c1-22(28(25,26)14-9-12(20)8-13(21)10-14)17-6-2-5-16-15(17)4-3-7-18(16)27-11-19(23)24/h3-4,7-10,17H,2,5-6,11H2,1H3,(H,23,24)/t17-/m1/s1. The third-order valence-corrected chi connectivity index (χ3v) is 7.02. The summed E-state index contributed by atoms with van der Waals surface area (Å²) in [7, 11) is -2.31. The molecule has 0 amide bonds. The Morgan fingerprint density at radius 1 is 1.25 bits per heavy atom. The maximum atomic E-state index is 13.1. The highest BCUT2D eigenvalue weighted by atomic mass is 35.5. The van der Waals surface area contributed by atoms with E-state index in [0.717, 1.165) is 17.5 Å². The summed E-state index contributed by atoms with van der Waals surface area (Å²) in [4.78, 5) is 10.8. The maximum Gasteiger partial charge on any atom is 0.341 e. The lowest BCUT2D eigenvalue weighted by atomic mass is 9.87. The van der Waals surface area contributed by atoms with E-state index in [1.54, 1.807) is 12.1 Å². The average molecular weight is 444 g/mol. The second-order valence-corrected chi connectivity index (χ2v) is 9.41. The van der Waals surface area contributed by atoms with Gasteiger partial charge in [-0.25, -0.2) is 13.2 Å². The molecule has 6 nitrogen and oxygen atoms in total. The van der Waals surface area contributed by atoms with Crippen molar-refractivity contribution in [1.29, 1.82) is 0 Å². The van der Waals surface area contributed by atoms with Crippen LogP contribution in [0, 0.1) is 0 Å². The van der Waals surface area contributed by atoms with Gasteiger partial charge in [0.05, 0.1) is 10.9 Å². The van der Waals surface area contributed by atoms with Gasteiger partial charge in [-0.2, -0.15) is 4.31 Å². The van der Waals surface area contributed by atoms with Crippen LogP contribution in [0.1, 0.15) is 30.0 Å². The minimum absolute atomic E-state index is 0.0258. The molecule has 3 rings (SSSR count). The van der Waals surface area contributed by atoms with Crippen LogP contribution >= 0.6 is 23.2 Å². The first-order chi connectivity index (χ1) is 13.2. The monoisotopic (exact) mass is 443 g/mol. The van der Waals surface area contributed by atoms with Gasteiger partial charge in [-0.1, -0.05) is 35.3 Å². The van der Waals surface area contributed by atoms with Gasteiger partial charge in [0.1, 0.15) is 5.75 Å². The van der Waals surface area contributed by atoms with Gasteiger partial charge in [0.25, 0.3) is 0 Å². The normalized spacial score (nSPS) is 16.6. The van der Waals surface area contributed by atoms with Gasteiger partial charge in [0.2, 0.25) is 10.0 Å². The van der Waals surface area contributed by atoms with E-state index >= 15 is 0 Å². The van der Waals surface area contributed by atoms with Crippen molar-refractivity contribution in [2.24, 2.45) is 0 Å². The number of sulfonamides is 1. The quantitative estimate of drug-likeness (QED) is 0.724. The molecule has 1 aliphatic carbocycles. The van der Waals surface area contributed by atoms with Crippen LogP contribution in [0.15, 0.2) is 41.3 Å². The molecule has 0 saturated heterocycles. The van der Waals surface area contributed by atoms with Crippen LogP contribution in [0.3, 0.4) is 0 Å². The van der Waals surface area contributed by atoms with Gasteiger partial charge in [0, 0.05) is 17.1 Å². The van der Waals surface area contributed by atoms with Crippen LogP contribution in [0.2, 0.25) is 10.0 Å². The van der Waals surface area contributed by atoms with Crippen molar-refractivity contribution in [3.8, 4) is 5.75 Å². The summed E-state index contributed by atoms with van der Waals surface area (Å²) >= 11 is 12.0. The van der Waals surface area contributed by atoms with Crippen molar-refractivity contribution in [2.45, 2.75) is 30.2 Å². The molecule has 1 atom stereocenters. The van der Waals surface area contributed by atoms with Crippen molar-refractivity contribution in [2.75, 3.05) is 13.7 Å². The smallest absolute Gasteiger partial charge is 0.341 e. The molecule has 28 heavy (non-hydrogen) atoms. The lowest BCUT2D eigenvalue weighted by Crippen LogP contribution is -2.33. The number of aliphatic carboxylic acids is 1. The molecule has 0 unspecified atom stereocenters. The van der Waals surface area contributed by atoms with Crippen molar-refractivity contribution in [1.82, 2.24) is 4.31 Å². The first-order valence-electron chi connectivity index (χ1n) is 8.60. The highest BCUT2D eigenvalue weighted by molar-refractivity contribution is 7.89. The number of hydrogen-bond acceptors (Lipinski definition) is 4. The lowest BCUT2D eigenvalue weighted by molar-refractivity contribution is -0.139. The van der Waals surface area contributed by atoms with E-state index in [2.05, 4.69) is 0 Å². The van der Waals surface area contributed by atoms with Crippen molar-refractivity contribution >= 4 is 39.2 Å². The van der Waals surface area contributed by atoms with E-state index in [-0.39, 0.29) is 14.9 Å². The van der Waals surface area contributed by atoms with E-state index in [9.17, 15) is 13.2 Å². The van der Waals surface area contributed by atoms with E-state index < -0.39 is 28.6 Å². The van der Waals surface area contributed by atoms with Crippen LogP contribution in [-0.4, -0.2) is 37.5 Å². The second kappa shape index (κ2) is 8.29. The number of fused-ring (bicyclic) bond motifs is 1. The van der Waals surface area contributed by atoms with Crippen LogP contribution in [0.25, 0.3) is 0 Å². The summed E-state index contributed by atoms with van der Waals surface area (Å²) in [6.07, 6.45) is 2.08. The Labute approximate surface area is 173 Å². The molecule has 150 valence electrons. The van der Waals surface area contributed by atoms with Crippen molar-refractivity contribution in [3.63, 3.8) is 0 Å². The summed E-state index contributed by atoms with van der Waals surface area (Å²) in [5, 5.41) is 9.35. The molecule has 2 aromatic rings. The van der Waals surface area contributed by atoms with Gasteiger partial charge in [0.15, 0.2) is 6.61 Å². The van der Waals surface area contributed by atoms with Crippen molar-refractivity contribution in [3.05, 3.63) is 57.6 Å². The molecule has 0 aromatic heterocycles. The minimum Gasteiger partial charge on any atom is -0.482 e. The van der Waals surface area contributed by atoms with Crippen molar-refractivity contribution < 1.29 is 23.1 Å². The fraction of sp³-hybridized carbons (Fsp3) is 0.316. The van der Waals surface area contributed by atoms with Gasteiger partial charge >= 0.3 is 5.97 Å². The average Bonchev–Trinajstić information content (AvgIpc) is 2.64. The lowest BCUT2D eigenvalue weighted by Gasteiger charge is -2.33. The molecule has 0 heterocycles. The van der Waals surface area contributed by atoms with E-state index in [4.69, 9.17) is 33.0 Å². The van der Waals surface area contributed by atoms with Gasteiger partial charge in [-0.05, 0) is 54.7 Å². The topological polar surface area (TPSA) is 83.9 Å².